The topological polar surface area (TPSA) is 102 Å². The van der Waals surface area contributed by atoms with Crippen molar-refractivity contribution in [3.63, 3.8) is 0 Å². The van der Waals surface area contributed by atoms with Crippen LogP contribution in [0.15, 0.2) is 41.0 Å². The fourth-order valence-electron chi connectivity index (χ4n) is 2.21. The number of para-hydroxylation sites is 1. The van der Waals surface area contributed by atoms with Gasteiger partial charge in [0.15, 0.2) is 10.3 Å². The minimum absolute atomic E-state index is 0.0367. The zero-order valence-electron chi connectivity index (χ0n) is 15.0. The van der Waals surface area contributed by atoms with Crippen LogP contribution in [0.2, 0.25) is 5.02 Å². The molecule has 0 aliphatic carbocycles. The summed E-state index contributed by atoms with van der Waals surface area (Å²) >= 11 is 8.66. The Morgan fingerprint density at radius 1 is 1.29 bits per heavy atom. The van der Waals surface area contributed by atoms with Crippen LogP contribution in [-0.4, -0.2) is 36.8 Å². The molecule has 0 saturated carbocycles. The van der Waals surface area contributed by atoms with Gasteiger partial charge in [-0.15, -0.1) is 21.5 Å². The maximum atomic E-state index is 12.3. The predicted molar refractivity (Wildman–Crippen MR) is 111 cm³/mol. The van der Waals surface area contributed by atoms with E-state index in [1.165, 1.54) is 23.1 Å². The smallest absolute Gasteiger partial charge is 0.239 e. The zero-order valence-corrected chi connectivity index (χ0v) is 17.4. The maximum Gasteiger partial charge on any atom is 0.239 e. The highest BCUT2D eigenvalue weighted by Gasteiger charge is 2.20. The Labute approximate surface area is 174 Å². The molecule has 2 heterocycles. The molecule has 1 atom stereocenters. The Hall–Kier alpha value is -2.43. The summed E-state index contributed by atoms with van der Waals surface area (Å²) in [5.41, 5.74) is 0.540. The molecule has 0 spiro atoms. The lowest BCUT2D eigenvalue weighted by atomic mass is 10.3. The third kappa shape index (κ3) is 5.09. The molecule has 2 aromatic heterocycles. The number of hydrogen-bond donors (Lipinski definition) is 2. The molecule has 2 N–H and O–H groups in total. The Bertz CT molecular complexity index is 976. The zero-order chi connectivity index (χ0) is 20.1. The van der Waals surface area contributed by atoms with Gasteiger partial charge in [0.1, 0.15) is 5.82 Å². The number of amides is 2. The SMILES string of the molecule is C[C@H](Sc1nnc(CC(=O)Nc2ccccc2Cl)n1C)C(=O)Nc1nccs1. The van der Waals surface area contributed by atoms with Gasteiger partial charge in [-0.2, -0.15) is 0 Å². The Kier molecular flexibility index (Phi) is 6.65. The van der Waals surface area contributed by atoms with Gasteiger partial charge in [-0.25, -0.2) is 4.98 Å². The average Bonchev–Trinajstić information content (AvgIpc) is 3.29. The van der Waals surface area contributed by atoms with Gasteiger partial charge in [-0.1, -0.05) is 35.5 Å². The molecule has 28 heavy (non-hydrogen) atoms. The Morgan fingerprint density at radius 3 is 2.79 bits per heavy atom. The van der Waals surface area contributed by atoms with Gasteiger partial charge in [0, 0.05) is 18.6 Å². The monoisotopic (exact) mass is 436 g/mol. The maximum absolute atomic E-state index is 12.3. The molecule has 8 nitrogen and oxygen atoms in total. The lowest BCUT2D eigenvalue weighted by Gasteiger charge is -2.10. The van der Waals surface area contributed by atoms with Gasteiger partial charge in [0.05, 0.1) is 22.4 Å². The van der Waals surface area contributed by atoms with Crippen molar-refractivity contribution < 1.29 is 9.59 Å². The van der Waals surface area contributed by atoms with Crippen molar-refractivity contribution in [3.05, 3.63) is 46.7 Å². The van der Waals surface area contributed by atoms with Crippen LogP contribution in [0.4, 0.5) is 10.8 Å². The number of carbonyl (C=O) groups excluding carboxylic acids is 2. The summed E-state index contributed by atoms with van der Waals surface area (Å²) < 4.78 is 1.70. The molecule has 0 fully saturated rings. The molecule has 2 amide bonds. The first-order valence-electron chi connectivity index (χ1n) is 8.23. The van der Waals surface area contributed by atoms with E-state index in [0.29, 0.717) is 26.8 Å². The second-order valence-corrected chi connectivity index (χ2v) is 8.36. The van der Waals surface area contributed by atoms with E-state index >= 15 is 0 Å². The van der Waals surface area contributed by atoms with Gasteiger partial charge in [0.25, 0.3) is 0 Å². The van der Waals surface area contributed by atoms with Crippen molar-refractivity contribution in [3.8, 4) is 0 Å². The number of carbonyl (C=O) groups is 2. The van der Waals surface area contributed by atoms with Crippen LogP contribution in [0.3, 0.4) is 0 Å². The number of halogens is 1. The number of thioether (sulfide) groups is 1. The molecule has 146 valence electrons. The second kappa shape index (κ2) is 9.18. The third-order valence-corrected chi connectivity index (χ3v) is 5.86. The standard InChI is InChI=1S/C17H17ClN6O2S2/c1-10(15(26)21-16-19-7-8-27-16)28-17-23-22-13(24(17)2)9-14(25)20-12-6-4-3-5-11(12)18/h3-8,10H,9H2,1-2H3,(H,20,25)(H,19,21,26)/t10-/m0/s1. The van der Waals surface area contributed by atoms with E-state index in [-0.39, 0.29) is 18.2 Å². The number of thiazole rings is 1. The first-order valence-corrected chi connectivity index (χ1v) is 10.4. The highest BCUT2D eigenvalue weighted by molar-refractivity contribution is 8.00. The van der Waals surface area contributed by atoms with E-state index in [2.05, 4.69) is 25.8 Å². The van der Waals surface area contributed by atoms with E-state index in [1.54, 1.807) is 54.4 Å². The molecule has 0 aliphatic heterocycles. The van der Waals surface area contributed by atoms with Crippen LogP contribution >= 0.6 is 34.7 Å². The van der Waals surface area contributed by atoms with Crippen molar-refractivity contribution in [2.45, 2.75) is 23.8 Å². The first-order chi connectivity index (χ1) is 13.4. The Balaban J connectivity index is 1.59. The highest BCUT2D eigenvalue weighted by atomic mass is 35.5. The van der Waals surface area contributed by atoms with Gasteiger partial charge in [0.2, 0.25) is 11.8 Å². The lowest BCUT2D eigenvalue weighted by molar-refractivity contribution is -0.116. The molecule has 0 saturated heterocycles. The summed E-state index contributed by atoms with van der Waals surface area (Å²) in [6.07, 6.45) is 1.66. The molecule has 0 radical (unpaired) electrons. The molecular weight excluding hydrogens is 420 g/mol. The fourth-order valence-corrected chi connectivity index (χ4v) is 3.75. The van der Waals surface area contributed by atoms with Gasteiger partial charge < -0.3 is 15.2 Å². The number of anilines is 2. The number of nitrogens with zero attached hydrogens (tertiary/aromatic N) is 4. The molecule has 1 aromatic carbocycles. The lowest BCUT2D eigenvalue weighted by Crippen LogP contribution is -2.22. The van der Waals surface area contributed by atoms with E-state index in [9.17, 15) is 9.59 Å². The van der Waals surface area contributed by atoms with Crippen LogP contribution in [0.25, 0.3) is 0 Å². The molecule has 0 aliphatic rings. The van der Waals surface area contributed by atoms with Gasteiger partial charge in [-0.3, -0.25) is 9.59 Å². The number of hydrogen-bond acceptors (Lipinski definition) is 7. The molecule has 11 heteroatoms. The van der Waals surface area contributed by atoms with E-state index in [1.807, 2.05) is 0 Å². The van der Waals surface area contributed by atoms with E-state index in [0.717, 1.165) is 0 Å². The van der Waals surface area contributed by atoms with Crippen LogP contribution in [0, 0.1) is 0 Å². The number of aromatic nitrogens is 4. The largest absolute Gasteiger partial charge is 0.324 e. The van der Waals surface area contributed by atoms with Crippen LogP contribution in [0.5, 0.6) is 0 Å². The minimum Gasteiger partial charge on any atom is -0.324 e. The summed E-state index contributed by atoms with van der Waals surface area (Å²) in [5.74, 6) is 0.0512. The number of nitrogens with one attached hydrogen (secondary N) is 2. The van der Waals surface area contributed by atoms with Crippen molar-refractivity contribution in [1.82, 2.24) is 19.7 Å². The van der Waals surface area contributed by atoms with Crippen molar-refractivity contribution >= 4 is 57.3 Å². The molecule has 0 unspecified atom stereocenters. The van der Waals surface area contributed by atoms with Gasteiger partial charge >= 0.3 is 0 Å². The number of rotatable bonds is 7. The van der Waals surface area contributed by atoms with Crippen LogP contribution in [0.1, 0.15) is 12.7 Å². The highest BCUT2D eigenvalue weighted by Crippen LogP contribution is 2.24. The summed E-state index contributed by atoms with van der Waals surface area (Å²) in [7, 11) is 1.76. The summed E-state index contributed by atoms with van der Waals surface area (Å²) in [4.78, 5) is 28.6. The minimum atomic E-state index is -0.406. The molecular formula is C17H17ClN6O2S2. The van der Waals surface area contributed by atoms with Gasteiger partial charge in [-0.05, 0) is 19.1 Å². The van der Waals surface area contributed by atoms with Crippen molar-refractivity contribution in [1.29, 1.82) is 0 Å². The van der Waals surface area contributed by atoms with Crippen molar-refractivity contribution in [2.24, 2.45) is 7.05 Å². The summed E-state index contributed by atoms with van der Waals surface area (Å²) in [5, 5.41) is 16.6. The third-order valence-electron chi connectivity index (χ3n) is 3.71. The Morgan fingerprint density at radius 2 is 2.07 bits per heavy atom. The normalized spacial score (nSPS) is 11.8. The van der Waals surface area contributed by atoms with Crippen molar-refractivity contribution in [2.75, 3.05) is 10.6 Å². The summed E-state index contributed by atoms with van der Waals surface area (Å²) in [6.45, 7) is 1.77. The molecule has 3 rings (SSSR count). The molecule has 3 aromatic rings. The quantitative estimate of drug-likeness (QED) is 0.551. The second-order valence-electron chi connectivity index (χ2n) is 5.75. The first kappa shape index (κ1) is 20.3. The van der Waals surface area contributed by atoms with Crippen LogP contribution in [-0.2, 0) is 23.1 Å². The predicted octanol–water partition coefficient (Wildman–Crippen LogP) is 3.23. The number of benzene rings is 1. The van der Waals surface area contributed by atoms with Crippen LogP contribution < -0.4 is 10.6 Å². The average molecular weight is 437 g/mol. The summed E-state index contributed by atoms with van der Waals surface area (Å²) in [6, 6.07) is 7.00. The van der Waals surface area contributed by atoms with E-state index in [4.69, 9.17) is 11.6 Å². The molecule has 0 bridgehead atoms. The van der Waals surface area contributed by atoms with E-state index < -0.39 is 5.25 Å². The fraction of sp³-hybridized carbons (Fsp3) is 0.235.